The number of aliphatic carboxylic acids is 1. The van der Waals surface area contributed by atoms with Crippen LogP contribution in [0, 0.1) is 11.8 Å². The number of hydrogen-bond acceptors (Lipinski definition) is 6. The number of carboxylic acids is 1. The van der Waals surface area contributed by atoms with Crippen LogP contribution in [0.4, 0.5) is 5.95 Å². The van der Waals surface area contributed by atoms with Crippen molar-refractivity contribution in [1.29, 1.82) is 0 Å². The fraction of sp³-hybridized carbons (Fsp3) is 0.455. The number of carbonyl (C=O) groups is 2. The first kappa shape index (κ1) is 13.1. The first-order chi connectivity index (χ1) is 9.05. The maximum absolute atomic E-state index is 11.8. The van der Waals surface area contributed by atoms with Crippen molar-refractivity contribution in [2.75, 3.05) is 19.5 Å². The molecule has 0 bridgehead atoms. The third-order valence-electron chi connectivity index (χ3n) is 2.78. The van der Waals surface area contributed by atoms with Crippen LogP contribution >= 0.6 is 0 Å². The summed E-state index contributed by atoms with van der Waals surface area (Å²) in [6.45, 7) is 0. The van der Waals surface area contributed by atoms with E-state index >= 15 is 0 Å². The molecule has 1 aliphatic carbocycles. The molecule has 0 aliphatic heterocycles. The molecule has 1 heterocycles. The van der Waals surface area contributed by atoms with Crippen molar-refractivity contribution in [3.8, 4) is 11.8 Å². The molecule has 1 aromatic heterocycles. The summed E-state index contributed by atoms with van der Waals surface area (Å²) in [5.74, 6) is -2.02. The van der Waals surface area contributed by atoms with Gasteiger partial charge in [0.15, 0.2) is 0 Å². The number of hydrogen-bond donors (Lipinski definition) is 2. The van der Waals surface area contributed by atoms with E-state index in [-0.39, 0.29) is 17.7 Å². The Morgan fingerprint density at radius 3 is 2.26 bits per heavy atom. The minimum absolute atomic E-state index is 0.0252. The first-order valence-electron chi connectivity index (χ1n) is 5.56. The van der Waals surface area contributed by atoms with Crippen LogP contribution in [-0.2, 0) is 9.59 Å². The number of nitrogens with one attached hydrogen (secondary N) is 1. The molecular formula is C11H13N3O5. The van der Waals surface area contributed by atoms with E-state index in [0.717, 1.165) is 0 Å². The Kier molecular flexibility index (Phi) is 3.50. The van der Waals surface area contributed by atoms with Gasteiger partial charge in [-0.15, -0.1) is 0 Å². The van der Waals surface area contributed by atoms with Gasteiger partial charge in [0.2, 0.25) is 23.6 Å². The Labute approximate surface area is 108 Å². The molecule has 1 fully saturated rings. The maximum atomic E-state index is 11.8. The molecule has 1 aliphatic rings. The molecule has 2 unspecified atom stereocenters. The maximum Gasteiger partial charge on any atom is 0.307 e. The van der Waals surface area contributed by atoms with Crippen molar-refractivity contribution in [3.05, 3.63) is 6.07 Å². The molecule has 0 radical (unpaired) electrons. The number of anilines is 1. The Hall–Kier alpha value is -2.38. The number of aromatic nitrogens is 2. The van der Waals surface area contributed by atoms with Gasteiger partial charge in [0.05, 0.1) is 32.1 Å². The number of ether oxygens (including phenoxy) is 2. The second-order valence-corrected chi connectivity index (χ2v) is 4.05. The third kappa shape index (κ3) is 2.90. The summed E-state index contributed by atoms with van der Waals surface area (Å²) in [6, 6.07) is 1.47. The van der Waals surface area contributed by atoms with E-state index in [0.29, 0.717) is 6.42 Å². The Bertz CT molecular complexity index is 497. The standard InChI is InChI=1S/C11H13N3O5/c1-18-7-4-8(19-2)13-11(12-7)14-9(15)5-3-6(5)10(16)17/h4-6H,3H2,1-2H3,(H,16,17)(H,12,13,14,15). The van der Waals surface area contributed by atoms with Crippen molar-refractivity contribution in [2.24, 2.45) is 11.8 Å². The molecule has 102 valence electrons. The lowest BCUT2D eigenvalue weighted by Gasteiger charge is -2.07. The molecule has 19 heavy (non-hydrogen) atoms. The number of rotatable bonds is 5. The van der Waals surface area contributed by atoms with Crippen LogP contribution in [0.3, 0.4) is 0 Å². The van der Waals surface area contributed by atoms with Crippen LogP contribution in [-0.4, -0.2) is 41.2 Å². The second-order valence-electron chi connectivity index (χ2n) is 4.05. The fourth-order valence-electron chi connectivity index (χ4n) is 1.63. The molecule has 8 heteroatoms. The highest BCUT2D eigenvalue weighted by atomic mass is 16.5. The van der Waals surface area contributed by atoms with Crippen LogP contribution in [0.15, 0.2) is 6.07 Å². The highest BCUT2D eigenvalue weighted by Gasteiger charge is 2.48. The highest BCUT2D eigenvalue weighted by Crippen LogP contribution is 2.39. The van der Waals surface area contributed by atoms with Crippen molar-refractivity contribution >= 4 is 17.8 Å². The predicted octanol–water partition coefficient (Wildman–Crippen LogP) is 0.153. The fourth-order valence-corrected chi connectivity index (χ4v) is 1.63. The number of nitrogens with zero attached hydrogens (tertiary/aromatic N) is 2. The Morgan fingerprint density at radius 1 is 1.26 bits per heavy atom. The second kappa shape index (κ2) is 5.09. The van der Waals surface area contributed by atoms with Crippen molar-refractivity contribution in [3.63, 3.8) is 0 Å². The van der Waals surface area contributed by atoms with Gasteiger partial charge in [-0.1, -0.05) is 0 Å². The summed E-state index contributed by atoms with van der Waals surface area (Å²) in [5.41, 5.74) is 0. The van der Waals surface area contributed by atoms with E-state index in [1.54, 1.807) is 0 Å². The van der Waals surface area contributed by atoms with Crippen molar-refractivity contribution in [2.45, 2.75) is 6.42 Å². The number of carbonyl (C=O) groups excluding carboxylic acids is 1. The van der Waals surface area contributed by atoms with Gasteiger partial charge in [0.25, 0.3) is 0 Å². The van der Waals surface area contributed by atoms with Gasteiger partial charge in [0.1, 0.15) is 0 Å². The third-order valence-corrected chi connectivity index (χ3v) is 2.78. The van der Waals surface area contributed by atoms with Gasteiger partial charge in [0, 0.05) is 0 Å². The zero-order valence-electron chi connectivity index (χ0n) is 10.4. The minimum Gasteiger partial charge on any atom is -0.481 e. The lowest BCUT2D eigenvalue weighted by molar-refractivity contribution is -0.139. The zero-order chi connectivity index (χ0) is 14.0. The van der Waals surface area contributed by atoms with Crippen LogP contribution in [0.1, 0.15) is 6.42 Å². The molecule has 2 rings (SSSR count). The molecule has 1 amide bonds. The molecule has 1 aromatic rings. The largest absolute Gasteiger partial charge is 0.481 e. The van der Waals surface area contributed by atoms with Gasteiger partial charge >= 0.3 is 5.97 Å². The highest BCUT2D eigenvalue weighted by molar-refractivity contribution is 5.97. The van der Waals surface area contributed by atoms with Crippen LogP contribution in [0.5, 0.6) is 11.8 Å². The predicted molar refractivity (Wildman–Crippen MR) is 63.0 cm³/mol. The van der Waals surface area contributed by atoms with Gasteiger partial charge in [-0.3, -0.25) is 14.9 Å². The van der Waals surface area contributed by atoms with Crippen LogP contribution < -0.4 is 14.8 Å². The summed E-state index contributed by atoms with van der Waals surface area (Å²) in [7, 11) is 2.85. The van der Waals surface area contributed by atoms with E-state index < -0.39 is 23.7 Å². The zero-order valence-corrected chi connectivity index (χ0v) is 10.4. The summed E-state index contributed by atoms with van der Waals surface area (Å²) >= 11 is 0. The van der Waals surface area contributed by atoms with Crippen LogP contribution in [0.2, 0.25) is 0 Å². The van der Waals surface area contributed by atoms with Gasteiger partial charge in [-0.25, -0.2) is 0 Å². The van der Waals surface area contributed by atoms with Crippen molar-refractivity contribution in [1.82, 2.24) is 9.97 Å². The van der Waals surface area contributed by atoms with E-state index in [9.17, 15) is 9.59 Å². The summed E-state index contributed by atoms with van der Waals surface area (Å²) in [5, 5.41) is 11.2. The summed E-state index contributed by atoms with van der Waals surface area (Å²) in [4.78, 5) is 30.3. The lowest BCUT2D eigenvalue weighted by atomic mass is 10.3. The van der Waals surface area contributed by atoms with Gasteiger partial charge in [-0.2, -0.15) is 9.97 Å². The quantitative estimate of drug-likeness (QED) is 0.781. The van der Waals surface area contributed by atoms with Crippen LogP contribution in [0.25, 0.3) is 0 Å². The molecule has 0 saturated heterocycles. The normalized spacial score (nSPS) is 20.5. The Morgan fingerprint density at radius 2 is 1.84 bits per heavy atom. The average molecular weight is 267 g/mol. The van der Waals surface area contributed by atoms with Crippen molar-refractivity contribution < 1.29 is 24.2 Å². The summed E-state index contributed by atoms with van der Waals surface area (Å²) in [6.07, 6.45) is 0.336. The first-order valence-corrected chi connectivity index (χ1v) is 5.56. The number of carboxylic acid groups (broad SMARTS) is 1. The molecule has 1 saturated carbocycles. The number of amides is 1. The topological polar surface area (TPSA) is 111 Å². The molecule has 2 atom stereocenters. The SMILES string of the molecule is COc1cc(OC)nc(NC(=O)C2CC2C(=O)O)n1. The molecule has 0 aromatic carbocycles. The van der Waals surface area contributed by atoms with E-state index in [1.165, 1.54) is 20.3 Å². The van der Waals surface area contributed by atoms with E-state index in [4.69, 9.17) is 14.6 Å². The minimum atomic E-state index is -0.968. The number of methoxy groups -OCH3 is 2. The average Bonchev–Trinajstić information content (AvgIpc) is 3.18. The molecule has 0 spiro atoms. The lowest BCUT2D eigenvalue weighted by Crippen LogP contribution is -2.18. The molecule has 8 nitrogen and oxygen atoms in total. The monoisotopic (exact) mass is 267 g/mol. The van der Waals surface area contributed by atoms with Gasteiger partial charge < -0.3 is 14.6 Å². The smallest absolute Gasteiger partial charge is 0.307 e. The van der Waals surface area contributed by atoms with E-state index in [2.05, 4.69) is 15.3 Å². The van der Waals surface area contributed by atoms with Gasteiger partial charge in [-0.05, 0) is 6.42 Å². The molecular weight excluding hydrogens is 254 g/mol. The summed E-state index contributed by atoms with van der Waals surface area (Å²) < 4.78 is 9.88. The molecule has 2 N–H and O–H groups in total. The van der Waals surface area contributed by atoms with E-state index in [1.807, 2.05) is 0 Å². The Balaban J connectivity index is 2.07.